The molecule has 2 atom stereocenters. The van der Waals surface area contributed by atoms with Crippen LogP contribution >= 0.6 is 0 Å². The minimum absolute atomic E-state index is 0.0296. The second-order valence-corrected chi connectivity index (χ2v) is 11.3. The summed E-state index contributed by atoms with van der Waals surface area (Å²) in [7, 11) is 0. The number of carbonyl (C=O) groups excluding carboxylic acids is 1. The molecule has 1 amide bonds. The fourth-order valence-corrected chi connectivity index (χ4v) is 5.20. The van der Waals surface area contributed by atoms with Gasteiger partial charge in [-0.2, -0.15) is 0 Å². The highest BCUT2D eigenvalue weighted by Gasteiger charge is 2.32. The number of hydrogen-bond donors (Lipinski definition) is 0. The zero-order chi connectivity index (χ0) is 26.1. The topological polar surface area (TPSA) is 64.1 Å². The van der Waals surface area contributed by atoms with Gasteiger partial charge in [0, 0.05) is 32.3 Å². The fraction of sp³-hybridized carbons (Fsp3) is 0.600. The normalized spacial score (nSPS) is 20.2. The summed E-state index contributed by atoms with van der Waals surface area (Å²) >= 11 is 0. The van der Waals surface area contributed by atoms with E-state index >= 15 is 0 Å². The number of rotatable bonds is 10. The molecule has 4 rings (SSSR count). The van der Waals surface area contributed by atoms with E-state index in [9.17, 15) is 4.79 Å². The van der Waals surface area contributed by atoms with Gasteiger partial charge in [-0.15, -0.1) is 0 Å². The van der Waals surface area contributed by atoms with Gasteiger partial charge in [0.2, 0.25) is 0 Å². The second kappa shape index (κ2) is 13.1. The van der Waals surface area contributed by atoms with Gasteiger partial charge in [0.15, 0.2) is 0 Å². The average molecular weight is 510 g/mol. The number of anilines is 1. The molecule has 202 valence electrons. The number of nitrogens with zero attached hydrogens (tertiary/aromatic N) is 3. The first-order chi connectivity index (χ1) is 17.9. The van der Waals surface area contributed by atoms with Gasteiger partial charge in [0.1, 0.15) is 18.0 Å². The number of hydrogen-bond acceptors (Lipinski definition) is 6. The quantitative estimate of drug-likeness (QED) is 0.362. The van der Waals surface area contributed by atoms with Crippen LogP contribution in [0.1, 0.15) is 64.9 Å². The van der Waals surface area contributed by atoms with E-state index in [1.807, 2.05) is 33.0 Å². The van der Waals surface area contributed by atoms with E-state index < -0.39 is 5.60 Å². The third-order valence-electron chi connectivity index (χ3n) is 7.04. The predicted molar refractivity (Wildman–Crippen MR) is 146 cm³/mol. The summed E-state index contributed by atoms with van der Waals surface area (Å²) in [5.41, 5.74) is 1.84. The first kappa shape index (κ1) is 27.2. The molecular formula is C30H43N3O4. The molecule has 2 aromatic rings. The van der Waals surface area contributed by atoms with Crippen molar-refractivity contribution in [2.75, 3.05) is 37.7 Å². The van der Waals surface area contributed by atoms with E-state index in [1.165, 1.54) is 24.8 Å². The van der Waals surface area contributed by atoms with Gasteiger partial charge in [-0.1, -0.05) is 30.3 Å². The van der Waals surface area contributed by atoms with Crippen molar-refractivity contribution in [2.24, 2.45) is 5.92 Å². The Balaban J connectivity index is 1.22. The Bertz CT molecular complexity index is 978. The highest BCUT2D eigenvalue weighted by molar-refractivity contribution is 5.69. The van der Waals surface area contributed by atoms with Gasteiger partial charge in [-0.05, 0) is 70.8 Å². The predicted octanol–water partition coefficient (Wildman–Crippen LogP) is 6.07. The maximum atomic E-state index is 12.6. The van der Waals surface area contributed by atoms with Crippen LogP contribution in [0.3, 0.4) is 0 Å². The van der Waals surface area contributed by atoms with Gasteiger partial charge in [0.05, 0.1) is 30.7 Å². The molecule has 2 aliphatic rings. The van der Waals surface area contributed by atoms with Crippen LogP contribution in [-0.4, -0.2) is 60.5 Å². The summed E-state index contributed by atoms with van der Waals surface area (Å²) in [6.07, 6.45) is 10.1. The van der Waals surface area contributed by atoms with Gasteiger partial charge in [0.25, 0.3) is 0 Å². The van der Waals surface area contributed by atoms with Crippen LogP contribution in [0, 0.1) is 5.92 Å². The molecule has 1 aromatic carbocycles. The first-order valence-corrected chi connectivity index (χ1v) is 13.8. The van der Waals surface area contributed by atoms with Gasteiger partial charge in [-0.25, -0.2) is 4.79 Å². The molecule has 0 N–H and O–H groups in total. The highest BCUT2D eigenvalue weighted by atomic mass is 16.6. The van der Waals surface area contributed by atoms with Crippen LogP contribution in [0.25, 0.3) is 0 Å². The molecule has 1 aromatic heterocycles. The van der Waals surface area contributed by atoms with E-state index in [-0.39, 0.29) is 12.1 Å². The van der Waals surface area contributed by atoms with Crippen molar-refractivity contribution < 1.29 is 19.0 Å². The smallest absolute Gasteiger partial charge is 0.410 e. The van der Waals surface area contributed by atoms with Crippen molar-refractivity contribution in [1.29, 1.82) is 0 Å². The van der Waals surface area contributed by atoms with Crippen molar-refractivity contribution in [3.05, 3.63) is 54.4 Å². The molecule has 3 heterocycles. The Morgan fingerprint density at radius 1 is 1.08 bits per heavy atom. The number of piperidine rings is 1. The maximum Gasteiger partial charge on any atom is 0.410 e. The third-order valence-corrected chi connectivity index (χ3v) is 7.04. The van der Waals surface area contributed by atoms with Crippen LogP contribution in [0.5, 0.6) is 5.75 Å². The Labute approximate surface area is 222 Å². The minimum Gasteiger partial charge on any atom is -0.490 e. The molecule has 2 fully saturated rings. The van der Waals surface area contributed by atoms with Crippen LogP contribution in [0.15, 0.2) is 48.8 Å². The Hall–Kier alpha value is -2.80. The Morgan fingerprint density at radius 3 is 2.70 bits per heavy atom. The lowest BCUT2D eigenvalue weighted by Gasteiger charge is -2.34. The van der Waals surface area contributed by atoms with Crippen LogP contribution in [-0.2, 0) is 16.1 Å². The van der Waals surface area contributed by atoms with E-state index in [0.717, 1.165) is 50.4 Å². The standard InChI is InChI=1S/C30H43N3O4/c1-30(2,3)37-29(34)33-16-8-14-26(33)23-36-28-18-27(19-31-20-28)32-15-7-12-24(21-32)13-9-17-35-22-25-10-5-4-6-11-25/h4-6,10-11,18-20,24,26H,7-9,12-17,21-23H2,1-3H3/t24-,26-/m0/s1. The summed E-state index contributed by atoms with van der Waals surface area (Å²) in [6, 6.07) is 12.5. The number of carbonyl (C=O) groups is 1. The van der Waals surface area contributed by atoms with Crippen molar-refractivity contribution >= 4 is 11.8 Å². The molecule has 0 spiro atoms. The molecule has 2 aliphatic heterocycles. The summed E-state index contributed by atoms with van der Waals surface area (Å²) < 4.78 is 17.6. The summed E-state index contributed by atoms with van der Waals surface area (Å²) in [5.74, 6) is 1.42. The molecule has 0 saturated carbocycles. The zero-order valence-electron chi connectivity index (χ0n) is 22.7. The van der Waals surface area contributed by atoms with Gasteiger partial charge in [-0.3, -0.25) is 4.98 Å². The zero-order valence-corrected chi connectivity index (χ0v) is 22.7. The molecule has 0 bridgehead atoms. The molecule has 7 nitrogen and oxygen atoms in total. The number of amides is 1. The fourth-order valence-electron chi connectivity index (χ4n) is 5.20. The van der Waals surface area contributed by atoms with Crippen LogP contribution in [0.2, 0.25) is 0 Å². The van der Waals surface area contributed by atoms with Crippen LogP contribution in [0.4, 0.5) is 10.5 Å². The third kappa shape index (κ3) is 8.63. The second-order valence-electron chi connectivity index (χ2n) is 11.3. The summed E-state index contributed by atoms with van der Waals surface area (Å²) in [5, 5.41) is 0. The van der Waals surface area contributed by atoms with Crippen LogP contribution < -0.4 is 9.64 Å². The lowest BCUT2D eigenvalue weighted by Crippen LogP contribution is -2.42. The van der Waals surface area contributed by atoms with E-state index in [4.69, 9.17) is 14.2 Å². The maximum absolute atomic E-state index is 12.6. The van der Waals surface area contributed by atoms with Crippen molar-refractivity contribution in [1.82, 2.24) is 9.88 Å². The number of benzene rings is 1. The highest BCUT2D eigenvalue weighted by Crippen LogP contribution is 2.28. The molecular weight excluding hydrogens is 466 g/mol. The minimum atomic E-state index is -0.495. The first-order valence-electron chi connectivity index (χ1n) is 13.8. The number of likely N-dealkylation sites (tertiary alicyclic amines) is 1. The van der Waals surface area contributed by atoms with E-state index in [2.05, 4.69) is 40.2 Å². The van der Waals surface area contributed by atoms with Crippen molar-refractivity contribution in [2.45, 2.75) is 77.5 Å². The number of ether oxygens (including phenoxy) is 3. The largest absolute Gasteiger partial charge is 0.490 e. The average Bonchev–Trinajstić information content (AvgIpc) is 3.36. The van der Waals surface area contributed by atoms with Crippen molar-refractivity contribution in [3.8, 4) is 5.75 Å². The van der Waals surface area contributed by atoms with Gasteiger partial charge >= 0.3 is 6.09 Å². The van der Waals surface area contributed by atoms with E-state index in [1.54, 1.807) is 11.1 Å². The lowest BCUT2D eigenvalue weighted by atomic mass is 9.93. The van der Waals surface area contributed by atoms with Crippen molar-refractivity contribution in [3.63, 3.8) is 0 Å². The Morgan fingerprint density at radius 2 is 1.89 bits per heavy atom. The van der Waals surface area contributed by atoms with Gasteiger partial charge < -0.3 is 24.0 Å². The SMILES string of the molecule is CC(C)(C)OC(=O)N1CCC[C@H]1COc1cncc(N2CCC[C@@H](CCCOCc3ccccc3)C2)c1. The molecule has 0 aliphatic carbocycles. The Kier molecular flexibility index (Phi) is 9.67. The molecule has 7 heteroatoms. The number of aromatic nitrogens is 1. The monoisotopic (exact) mass is 509 g/mol. The molecule has 37 heavy (non-hydrogen) atoms. The summed E-state index contributed by atoms with van der Waals surface area (Å²) in [4.78, 5) is 21.3. The molecule has 2 saturated heterocycles. The molecule has 0 radical (unpaired) electrons. The number of pyridine rings is 1. The lowest BCUT2D eigenvalue weighted by molar-refractivity contribution is 0.0187. The molecule has 0 unspecified atom stereocenters. The summed E-state index contributed by atoms with van der Waals surface area (Å²) in [6.45, 7) is 10.4. The van der Waals surface area contributed by atoms with E-state index in [0.29, 0.717) is 25.7 Å².